The summed E-state index contributed by atoms with van der Waals surface area (Å²) in [6, 6.07) is 12.8. The quantitative estimate of drug-likeness (QED) is 0.664. The van der Waals surface area contributed by atoms with Gasteiger partial charge in [0.15, 0.2) is 0 Å². The Kier molecular flexibility index (Phi) is 3.56. The highest BCUT2D eigenvalue weighted by molar-refractivity contribution is 7.09. The molecule has 0 spiro atoms. The molecule has 0 unspecified atom stereocenters. The SMILES string of the molecule is CCCOc1ccc2c(ccn2Cc2cccs2)c1. The van der Waals surface area contributed by atoms with Gasteiger partial charge >= 0.3 is 0 Å². The number of ether oxygens (including phenoxy) is 1. The van der Waals surface area contributed by atoms with Crippen molar-refractivity contribution in [1.82, 2.24) is 4.57 Å². The molecular weight excluding hydrogens is 254 g/mol. The molecule has 0 aliphatic heterocycles. The Morgan fingerprint density at radius 2 is 2.16 bits per heavy atom. The van der Waals surface area contributed by atoms with Crippen LogP contribution in [0.3, 0.4) is 0 Å². The molecule has 0 amide bonds. The van der Waals surface area contributed by atoms with Gasteiger partial charge in [0, 0.05) is 22.0 Å². The first-order valence-corrected chi connectivity index (χ1v) is 7.49. The minimum absolute atomic E-state index is 0.779. The second-order valence-corrected chi connectivity index (χ2v) is 5.62. The fraction of sp³-hybridized carbons (Fsp3) is 0.250. The lowest BCUT2D eigenvalue weighted by atomic mass is 10.2. The number of hydrogen-bond donors (Lipinski definition) is 0. The summed E-state index contributed by atoms with van der Waals surface area (Å²) in [6.45, 7) is 3.84. The van der Waals surface area contributed by atoms with E-state index < -0.39 is 0 Å². The number of thiophene rings is 1. The van der Waals surface area contributed by atoms with Crippen LogP contribution >= 0.6 is 11.3 Å². The van der Waals surface area contributed by atoms with E-state index in [0.29, 0.717) is 0 Å². The molecule has 0 fully saturated rings. The molecule has 0 N–H and O–H groups in total. The highest BCUT2D eigenvalue weighted by Crippen LogP contribution is 2.23. The highest BCUT2D eigenvalue weighted by Gasteiger charge is 2.04. The van der Waals surface area contributed by atoms with Crippen LogP contribution in [0, 0.1) is 0 Å². The summed E-state index contributed by atoms with van der Waals surface area (Å²) < 4.78 is 7.95. The van der Waals surface area contributed by atoms with Crippen molar-refractivity contribution in [3.8, 4) is 5.75 Å². The zero-order valence-electron chi connectivity index (χ0n) is 11.0. The van der Waals surface area contributed by atoms with Gasteiger partial charge in [-0.25, -0.2) is 0 Å². The van der Waals surface area contributed by atoms with E-state index in [4.69, 9.17) is 4.74 Å². The number of rotatable bonds is 5. The first-order valence-electron chi connectivity index (χ1n) is 6.61. The van der Waals surface area contributed by atoms with Crippen LogP contribution in [-0.4, -0.2) is 11.2 Å². The largest absolute Gasteiger partial charge is 0.494 e. The van der Waals surface area contributed by atoms with Gasteiger partial charge in [0.25, 0.3) is 0 Å². The van der Waals surface area contributed by atoms with Crippen molar-refractivity contribution in [1.29, 1.82) is 0 Å². The highest BCUT2D eigenvalue weighted by atomic mass is 32.1. The molecule has 1 aromatic carbocycles. The van der Waals surface area contributed by atoms with Crippen LogP contribution in [0.15, 0.2) is 48.0 Å². The fourth-order valence-electron chi connectivity index (χ4n) is 2.20. The summed E-state index contributed by atoms with van der Waals surface area (Å²) in [5, 5.41) is 3.36. The standard InChI is InChI=1S/C16H17NOS/c1-2-9-18-14-5-6-16-13(11-14)7-8-17(16)12-15-4-3-10-19-15/h3-8,10-11H,2,9,12H2,1H3. The van der Waals surface area contributed by atoms with Crippen molar-refractivity contribution in [3.63, 3.8) is 0 Å². The molecule has 0 aliphatic carbocycles. The number of nitrogens with zero attached hydrogens (tertiary/aromatic N) is 1. The van der Waals surface area contributed by atoms with Crippen LogP contribution in [0.25, 0.3) is 10.9 Å². The van der Waals surface area contributed by atoms with Crippen molar-refractivity contribution >= 4 is 22.2 Å². The van der Waals surface area contributed by atoms with Gasteiger partial charge in [-0.15, -0.1) is 11.3 Å². The molecule has 98 valence electrons. The third-order valence-corrected chi connectivity index (χ3v) is 3.98. The second kappa shape index (κ2) is 5.49. The van der Waals surface area contributed by atoms with E-state index in [1.54, 1.807) is 11.3 Å². The Hall–Kier alpha value is -1.74. The lowest BCUT2D eigenvalue weighted by molar-refractivity contribution is 0.318. The summed E-state index contributed by atoms with van der Waals surface area (Å²) in [6.07, 6.45) is 3.19. The molecule has 2 nitrogen and oxygen atoms in total. The zero-order chi connectivity index (χ0) is 13.1. The van der Waals surface area contributed by atoms with Crippen LogP contribution in [-0.2, 0) is 6.54 Å². The first-order chi connectivity index (χ1) is 9.36. The van der Waals surface area contributed by atoms with Crippen molar-refractivity contribution in [2.24, 2.45) is 0 Å². The molecule has 0 saturated heterocycles. The maximum absolute atomic E-state index is 5.67. The van der Waals surface area contributed by atoms with Gasteiger partial charge in [-0.2, -0.15) is 0 Å². The summed E-state index contributed by atoms with van der Waals surface area (Å²) in [4.78, 5) is 1.38. The second-order valence-electron chi connectivity index (χ2n) is 4.59. The van der Waals surface area contributed by atoms with Gasteiger partial charge in [0.1, 0.15) is 5.75 Å². The molecule has 2 heterocycles. The van der Waals surface area contributed by atoms with Gasteiger partial charge in [-0.1, -0.05) is 13.0 Å². The summed E-state index contributed by atoms with van der Waals surface area (Å²) in [5.74, 6) is 0.961. The number of fused-ring (bicyclic) bond motifs is 1. The third-order valence-electron chi connectivity index (χ3n) is 3.12. The maximum Gasteiger partial charge on any atom is 0.120 e. The van der Waals surface area contributed by atoms with Crippen molar-refractivity contribution < 1.29 is 4.74 Å². The summed E-state index contributed by atoms with van der Waals surface area (Å²) in [7, 11) is 0. The number of hydrogen-bond acceptors (Lipinski definition) is 2. The Morgan fingerprint density at radius 1 is 1.21 bits per heavy atom. The van der Waals surface area contributed by atoms with Gasteiger partial charge in [-0.05, 0) is 42.1 Å². The molecule has 3 heteroatoms. The van der Waals surface area contributed by atoms with Crippen LogP contribution in [0.4, 0.5) is 0 Å². The van der Waals surface area contributed by atoms with E-state index in [2.05, 4.69) is 59.5 Å². The molecule has 0 bridgehead atoms. The maximum atomic E-state index is 5.67. The van der Waals surface area contributed by atoms with E-state index in [-0.39, 0.29) is 0 Å². The predicted octanol–water partition coefficient (Wildman–Crippen LogP) is 4.54. The van der Waals surface area contributed by atoms with Gasteiger partial charge in [0.2, 0.25) is 0 Å². The van der Waals surface area contributed by atoms with E-state index in [9.17, 15) is 0 Å². The molecule has 2 aromatic heterocycles. The van der Waals surface area contributed by atoms with E-state index in [1.165, 1.54) is 15.8 Å². The first kappa shape index (κ1) is 12.3. The van der Waals surface area contributed by atoms with E-state index in [1.807, 2.05) is 0 Å². The normalized spacial score (nSPS) is 11.0. The molecule has 3 aromatic rings. The van der Waals surface area contributed by atoms with Crippen molar-refractivity contribution in [2.75, 3.05) is 6.61 Å². The van der Waals surface area contributed by atoms with Crippen molar-refractivity contribution in [3.05, 3.63) is 52.9 Å². The summed E-state index contributed by atoms with van der Waals surface area (Å²) in [5.41, 5.74) is 1.26. The average Bonchev–Trinajstić information content (AvgIpc) is 3.07. The molecule has 0 atom stereocenters. The molecule has 3 rings (SSSR count). The molecular formula is C16H17NOS. The average molecular weight is 271 g/mol. The topological polar surface area (TPSA) is 14.2 Å². The van der Waals surface area contributed by atoms with Gasteiger partial charge in [-0.3, -0.25) is 0 Å². The smallest absolute Gasteiger partial charge is 0.120 e. The molecule has 19 heavy (non-hydrogen) atoms. The number of benzene rings is 1. The number of aromatic nitrogens is 1. The van der Waals surface area contributed by atoms with Crippen LogP contribution in [0.2, 0.25) is 0 Å². The van der Waals surface area contributed by atoms with Crippen LogP contribution in [0.5, 0.6) is 5.75 Å². The van der Waals surface area contributed by atoms with Crippen LogP contribution in [0.1, 0.15) is 18.2 Å². The van der Waals surface area contributed by atoms with E-state index in [0.717, 1.165) is 25.3 Å². The third kappa shape index (κ3) is 2.66. The molecule has 0 radical (unpaired) electrons. The molecule has 0 saturated carbocycles. The lowest BCUT2D eigenvalue weighted by Gasteiger charge is -2.06. The Morgan fingerprint density at radius 3 is 2.95 bits per heavy atom. The lowest BCUT2D eigenvalue weighted by Crippen LogP contribution is -1.96. The summed E-state index contributed by atoms with van der Waals surface area (Å²) >= 11 is 1.80. The Balaban J connectivity index is 1.87. The minimum Gasteiger partial charge on any atom is -0.494 e. The Bertz CT molecular complexity index is 655. The fourth-order valence-corrected chi connectivity index (χ4v) is 2.90. The Labute approximate surface area is 117 Å². The van der Waals surface area contributed by atoms with Crippen LogP contribution < -0.4 is 4.74 Å². The van der Waals surface area contributed by atoms with Gasteiger partial charge in [0.05, 0.1) is 13.2 Å². The van der Waals surface area contributed by atoms with E-state index >= 15 is 0 Å². The molecule has 0 aliphatic rings. The van der Waals surface area contributed by atoms with Gasteiger partial charge < -0.3 is 9.30 Å². The van der Waals surface area contributed by atoms with Crippen molar-refractivity contribution in [2.45, 2.75) is 19.9 Å². The monoisotopic (exact) mass is 271 g/mol. The minimum atomic E-state index is 0.779. The zero-order valence-corrected chi connectivity index (χ0v) is 11.8. The predicted molar refractivity (Wildman–Crippen MR) is 81.1 cm³/mol.